The number of amides is 2. The van der Waals surface area contributed by atoms with E-state index in [1.165, 1.54) is 16.7 Å². The van der Waals surface area contributed by atoms with Gasteiger partial charge in [0.15, 0.2) is 0 Å². The molecule has 0 radical (unpaired) electrons. The van der Waals surface area contributed by atoms with Crippen LogP contribution in [0.15, 0.2) is 18.2 Å². The molecule has 1 aromatic rings. The Balaban J connectivity index is 1.53. The topological polar surface area (TPSA) is 70.7 Å². The van der Waals surface area contributed by atoms with Crippen LogP contribution in [-0.4, -0.2) is 62.7 Å². The zero-order valence-electron chi connectivity index (χ0n) is 16.0. The maximum absolute atomic E-state index is 11.9. The van der Waals surface area contributed by atoms with Gasteiger partial charge < -0.3 is 15.4 Å². The lowest BCUT2D eigenvalue weighted by atomic mass is 10.0. The number of morpholine rings is 1. The monoisotopic (exact) mass is 361 g/mol. The van der Waals surface area contributed by atoms with Gasteiger partial charge in [-0.05, 0) is 43.4 Å². The quantitative estimate of drug-likeness (QED) is 0.693. The highest BCUT2D eigenvalue weighted by Gasteiger charge is 2.10. The molecule has 1 fully saturated rings. The van der Waals surface area contributed by atoms with Gasteiger partial charge in [0.25, 0.3) is 0 Å². The first-order valence-corrected chi connectivity index (χ1v) is 9.44. The van der Waals surface area contributed by atoms with Crippen molar-refractivity contribution in [3.05, 3.63) is 34.9 Å². The summed E-state index contributed by atoms with van der Waals surface area (Å²) in [4.78, 5) is 25.9. The minimum atomic E-state index is -0.138. The Kier molecular flexibility index (Phi) is 8.58. The molecule has 1 aliphatic rings. The van der Waals surface area contributed by atoms with Crippen molar-refractivity contribution in [1.82, 2.24) is 15.5 Å². The van der Waals surface area contributed by atoms with Crippen molar-refractivity contribution in [3.63, 3.8) is 0 Å². The van der Waals surface area contributed by atoms with E-state index in [1.54, 1.807) is 0 Å². The first-order valence-electron chi connectivity index (χ1n) is 9.44. The number of rotatable bonds is 9. The van der Waals surface area contributed by atoms with Crippen LogP contribution in [0.3, 0.4) is 0 Å². The van der Waals surface area contributed by atoms with Crippen molar-refractivity contribution in [2.45, 2.75) is 33.1 Å². The van der Waals surface area contributed by atoms with Crippen LogP contribution in [-0.2, 0) is 20.7 Å². The molecule has 0 saturated carbocycles. The molecule has 2 amide bonds. The predicted octanol–water partition coefficient (Wildman–Crippen LogP) is 1.19. The van der Waals surface area contributed by atoms with Gasteiger partial charge in [-0.2, -0.15) is 0 Å². The zero-order chi connectivity index (χ0) is 18.8. The molecule has 1 aromatic carbocycles. The van der Waals surface area contributed by atoms with Gasteiger partial charge in [-0.25, -0.2) is 0 Å². The third kappa shape index (κ3) is 7.54. The van der Waals surface area contributed by atoms with Gasteiger partial charge in [-0.3, -0.25) is 14.5 Å². The number of carbonyl (C=O) groups excluding carboxylic acids is 2. The van der Waals surface area contributed by atoms with Gasteiger partial charge in [0.1, 0.15) is 0 Å². The normalized spacial score (nSPS) is 14.8. The Hall–Kier alpha value is -1.92. The van der Waals surface area contributed by atoms with Gasteiger partial charge in [0.2, 0.25) is 11.8 Å². The molecule has 144 valence electrons. The summed E-state index contributed by atoms with van der Waals surface area (Å²) in [5.74, 6) is -0.210. The van der Waals surface area contributed by atoms with Crippen LogP contribution in [0.1, 0.15) is 29.5 Å². The Morgan fingerprint density at radius 1 is 1.08 bits per heavy atom. The fourth-order valence-corrected chi connectivity index (χ4v) is 2.92. The molecule has 26 heavy (non-hydrogen) atoms. The number of hydrogen-bond acceptors (Lipinski definition) is 4. The number of aryl methyl sites for hydroxylation is 3. The van der Waals surface area contributed by atoms with Crippen LogP contribution >= 0.6 is 0 Å². The lowest BCUT2D eigenvalue weighted by Gasteiger charge is -2.26. The van der Waals surface area contributed by atoms with E-state index < -0.39 is 0 Å². The molecule has 0 unspecified atom stereocenters. The molecule has 0 bridgehead atoms. The third-order valence-corrected chi connectivity index (χ3v) is 4.74. The fourth-order valence-electron chi connectivity index (χ4n) is 2.92. The van der Waals surface area contributed by atoms with Gasteiger partial charge in [0, 0.05) is 32.6 Å². The predicted molar refractivity (Wildman–Crippen MR) is 102 cm³/mol. The second-order valence-electron chi connectivity index (χ2n) is 6.85. The fraction of sp³-hybridized carbons (Fsp3) is 0.600. The molecule has 1 aliphatic heterocycles. The number of nitrogens with zero attached hydrogens (tertiary/aromatic N) is 1. The Morgan fingerprint density at radius 2 is 1.85 bits per heavy atom. The summed E-state index contributed by atoms with van der Waals surface area (Å²) >= 11 is 0. The number of carbonyl (C=O) groups is 2. The van der Waals surface area contributed by atoms with Gasteiger partial charge in [-0.1, -0.05) is 18.2 Å². The van der Waals surface area contributed by atoms with E-state index in [9.17, 15) is 9.59 Å². The third-order valence-electron chi connectivity index (χ3n) is 4.74. The average Bonchev–Trinajstić information content (AvgIpc) is 2.64. The first kappa shape index (κ1) is 20.4. The van der Waals surface area contributed by atoms with E-state index in [1.807, 2.05) is 0 Å². The summed E-state index contributed by atoms with van der Waals surface area (Å²) < 4.78 is 5.29. The van der Waals surface area contributed by atoms with Crippen LogP contribution in [0.5, 0.6) is 0 Å². The summed E-state index contributed by atoms with van der Waals surface area (Å²) in [6, 6.07) is 6.41. The van der Waals surface area contributed by atoms with Crippen LogP contribution in [0.25, 0.3) is 0 Å². The SMILES string of the molecule is Cc1ccc(CCCC(=O)NCC(=O)NCCN2CCOCC2)cc1C. The van der Waals surface area contributed by atoms with E-state index in [2.05, 4.69) is 47.6 Å². The van der Waals surface area contributed by atoms with Gasteiger partial charge in [0.05, 0.1) is 19.8 Å². The van der Waals surface area contributed by atoms with E-state index in [0.29, 0.717) is 13.0 Å². The van der Waals surface area contributed by atoms with E-state index in [-0.39, 0.29) is 18.4 Å². The lowest BCUT2D eigenvalue weighted by Crippen LogP contribution is -2.43. The van der Waals surface area contributed by atoms with Crippen LogP contribution in [0, 0.1) is 13.8 Å². The highest BCUT2D eigenvalue weighted by molar-refractivity contribution is 5.84. The van der Waals surface area contributed by atoms with Gasteiger partial charge in [-0.15, -0.1) is 0 Å². The summed E-state index contributed by atoms with van der Waals surface area (Å²) in [5.41, 5.74) is 3.81. The first-order chi connectivity index (χ1) is 12.5. The Morgan fingerprint density at radius 3 is 2.58 bits per heavy atom. The van der Waals surface area contributed by atoms with Crippen LogP contribution in [0.2, 0.25) is 0 Å². The van der Waals surface area contributed by atoms with Crippen molar-refractivity contribution >= 4 is 11.8 Å². The zero-order valence-corrected chi connectivity index (χ0v) is 16.0. The molecule has 1 saturated heterocycles. The highest BCUT2D eigenvalue weighted by atomic mass is 16.5. The van der Waals surface area contributed by atoms with Crippen LogP contribution in [0.4, 0.5) is 0 Å². The molecule has 1 heterocycles. The number of nitrogens with one attached hydrogen (secondary N) is 2. The maximum Gasteiger partial charge on any atom is 0.239 e. The van der Waals surface area contributed by atoms with E-state index in [0.717, 1.165) is 45.7 Å². The Bertz CT molecular complexity index is 598. The molecule has 0 spiro atoms. The molecule has 6 nitrogen and oxygen atoms in total. The minimum Gasteiger partial charge on any atom is -0.379 e. The van der Waals surface area contributed by atoms with E-state index in [4.69, 9.17) is 4.74 Å². The number of hydrogen-bond donors (Lipinski definition) is 2. The molecule has 6 heteroatoms. The van der Waals surface area contributed by atoms with Crippen molar-refractivity contribution in [2.75, 3.05) is 45.9 Å². The summed E-state index contributed by atoms with van der Waals surface area (Å²) in [7, 11) is 0. The molecular formula is C20H31N3O3. The van der Waals surface area contributed by atoms with Crippen molar-refractivity contribution < 1.29 is 14.3 Å². The molecule has 2 rings (SSSR count). The molecule has 0 atom stereocenters. The standard InChI is InChI=1S/C20H31N3O3/c1-16-6-7-18(14-17(16)2)4-3-5-19(24)22-15-20(25)21-8-9-23-10-12-26-13-11-23/h6-7,14H,3-5,8-13,15H2,1-2H3,(H,21,25)(H,22,24). The molecule has 0 aromatic heterocycles. The van der Waals surface area contributed by atoms with Gasteiger partial charge >= 0.3 is 0 Å². The second-order valence-corrected chi connectivity index (χ2v) is 6.85. The van der Waals surface area contributed by atoms with E-state index >= 15 is 0 Å². The molecule has 2 N–H and O–H groups in total. The summed E-state index contributed by atoms with van der Waals surface area (Å²) in [5, 5.41) is 5.54. The highest BCUT2D eigenvalue weighted by Crippen LogP contribution is 2.12. The molecule has 0 aliphatic carbocycles. The van der Waals surface area contributed by atoms with Crippen molar-refractivity contribution in [1.29, 1.82) is 0 Å². The summed E-state index contributed by atoms with van der Waals surface area (Å²) in [6.45, 7) is 8.99. The van der Waals surface area contributed by atoms with Crippen LogP contribution < -0.4 is 10.6 Å². The number of benzene rings is 1. The van der Waals surface area contributed by atoms with Crippen molar-refractivity contribution in [3.8, 4) is 0 Å². The second kappa shape index (κ2) is 10.9. The maximum atomic E-state index is 11.9. The summed E-state index contributed by atoms with van der Waals surface area (Å²) in [6.07, 6.45) is 2.10. The minimum absolute atomic E-state index is 0.0472. The Labute approximate surface area is 156 Å². The largest absolute Gasteiger partial charge is 0.379 e. The number of ether oxygens (including phenoxy) is 1. The van der Waals surface area contributed by atoms with Crippen molar-refractivity contribution in [2.24, 2.45) is 0 Å². The average molecular weight is 361 g/mol. The lowest BCUT2D eigenvalue weighted by molar-refractivity contribution is -0.126. The molecular weight excluding hydrogens is 330 g/mol. The smallest absolute Gasteiger partial charge is 0.239 e.